The fraction of sp³-hybridized carbons (Fsp3) is 0.444. The molecule has 1 atom stereocenters. The van der Waals surface area contributed by atoms with Gasteiger partial charge in [0.1, 0.15) is 5.82 Å². The lowest BCUT2D eigenvalue weighted by molar-refractivity contribution is 0.500. The highest BCUT2D eigenvalue weighted by Crippen LogP contribution is 2.25. The molecule has 0 bridgehead atoms. The minimum atomic E-state index is -0.271. The van der Waals surface area contributed by atoms with Crippen LogP contribution in [0.2, 0.25) is 0 Å². The maximum atomic E-state index is 14.2. The third-order valence-corrected chi connectivity index (χ3v) is 3.59. The predicted molar refractivity (Wildman–Crippen MR) is 84.0 cm³/mol. The maximum Gasteiger partial charge on any atom is 0.145 e. The molecule has 1 unspecified atom stereocenters. The number of hydrogen-bond donors (Lipinski definition) is 0. The number of nitrogens with zero attached hydrogens (tertiary/aromatic N) is 2. The molecule has 0 radical (unpaired) electrons. The number of rotatable bonds is 3. The molecule has 0 N–H and O–H groups in total. The van der Waals surface area contributed by atoms with E-state index in [2.05, 4.69) is 23.0 Å². The number of hydrogen-bond acceptors (Lipinski definition) is 2. The van der Waals surface area contributed by atoms with E-state index in [1.54, 1.807) is 12.3 Å². The monoisotopic (exact) mass is 286 g/mol. The molecule has 0 saturated carbocycles. The van der Waals surface area contributed by atoms with Crippen molar-refractivity contribution in [2.24, 2.45) is 0 Å². The number of halogens is 1. The standard InChI is InChI=1S/C18H23FN2/c1-12-6-7-16(20-10-12)13(2)8-14-9-15(19)17(21-11-14)18(3,4)5/h6-7,9-11,13H,8H2,1-5H3. The lowest BCUT2D eigenvalue weighted by atomic mass is 9.90. The Morgan fingerprint density at radius 2 is 1.86 bits per heavy atom. The first-order valence-corrected chi connectivity index (χ1v) is 7.35. The van der Waals surface area contributed by atoms with Crippen LogP contribution in [0, 0.1) is 12.7 Å². The van der Waals surface area contributed by atoms with Crippen LogP contribution in [-0.4, -0.2) is 9.97 Å². The van der Waals surface area contributed by atoms with E-state index < -0.39 is 0 Å². The summed E-state index contributed by atoms with van der Waals surface area (Å²) in [4.78, 5) is 8.75. The van der Waals surface area contributed by atoms with E-state index in [0.717, 1.165) is 23.2 Å². The summed E-state index contributed by atoms with van der Waals surface area (Å²) in [7, 11) is 0. The molecule has 21 heavy (non-hydrogen) atoms. The zero-order valence-corrected chi connectivity index (χ0v) is 13.4. The molecule has 112 valence electrons. The van der Waals surface area contributed by atoms with Crippen LogP contribution in [0.25, 0.3) is 0 Å². The Balaban J connectivity index is 2.16. The summed E-state index contributed by atoms with van der Waals surface area (Å²) in [6, 6.07) is 5.70. The average Bonchev–Trinajstić information content (AvgIpc) is 2.37. The zero-order chi connectivity index (χ0) is 15.6. The molecular formula is C18H23FN2. The predicted octanol–water partition coefficient (Wildman–Crippen LogP) is 4.57. The van der Waals surface area contributed by atoms with Gasteiger partial charge < -0.3 is 0 Å². The minimum absolute atomic E-state index is 0.218. The van der Waals surface area contributed by atoms with E-state index in [9.17, 15) is 4.39 Å². The Kier molecular flexibility index (Phi) is 4.40. The van der Waals surface area contributed by atoms with Crippen LogP contribution in [0.5, 0.6) is 0 Å². The summed E-state index contributed by atoms with van der Waals surface area (Å²) < 4.78 is 14.2. The number of pyridine rings is 2. The first kappa shape index (κ1) is 15.6. The van der Waals surface area contributed by atoms with Gasteiger partial charge in [-0.1, -0.05) is 33.8 Å². The Labute approximate surface area is 126 Å². The molecule has 2 nitrogen and oxygen atoms in total. The number of aromatic nitrogens is 2. The van der Waals surface area contributed by atoms with Gasteiger partial charge >= 0.3 is 0 Å². The second kappa shape index (κ2) is 5.92. The molecule has 0 amide bonds. The van der Waals surface area contributed by atoms with Gasteiger partial charge in [-0.05, 0) is 36.6 Å². The smallest absolute Gasteiger partial charge is 0.145 e. The van der Waals surface area contributed by atoms with Gasteiger partial charge in [0.05, 0.1) is 5.69 Å². The summed E-state index contributed by atoms with van der Waals surface area (Å²) in [5.74, 6) is 0.0244. The minimum Gasteiger partial charge on any atom is -0.261 e. The van der Waals surface area contributed by atoms with Crippen molar-refractivity contribution in [2.45, 2.75) is 52.4 Å². The zero-order valence-electron chi connectivity index (χ0n) is 13.4. The van der Waals surface area contributed by atoms with Crippen LogP contribution in [0.15, 0.2) is 30.6 Å². The third kappa shape index (κ3) is 3.87. The SMILES string of the molecule is Cc1ccc(C(C)Cc2cnc(C(C)(C)C)c(F)c2)nc1. The van der Waals surface area contributed by atoms with E-state index in [1.807, 2.05) is 40.0 Å². The van der Waals surface area contributed by atoms with Crippen LogP contribution >= 0.6 is 0 Å². The lowest BCUT2D eigenvalue weighted by Crippen LogP contribution is -2.16. The molecular weight excluding hydrogens is 263 g/mol. The molecule has 0 aliphatic rings. The molecule has 0 aliphatic carbocycles. The molecule has 0 saturated heterocycles. The fourth-order valence-corrected chi connectivity index (χ4v) is 2.37. The molecule has 0 spiro atoms. The van der Waals surface area contributed by atoms with Crippen LogP contribution in [0.4, 0.5) is 4.39 Å². The Morgan fingerprint density at radius 3 is 2.38 bits per heavy atom. The molecule has 2 rings (SSSR count). The molecule has 3 heteroatoms. The highest BCUT2D eigenvalue weighted by molar-refractivity contribution is 5.24. The van der Waals surface area contributed by atoms with Gasteiger partial charge in [-0.2, -0.15) is 0 Å². The van der Waals surface area contributed by atoms with Crippen molar-refractivity contribution >= 4 is 0 Å². The van der Waals surface area contributed by atoms with E-state index in [1.165, 1.54) is 0 Å². The Hall–Kier alpha value is -1.77. The molecule has 0 fully saturated rings. The summed E-state index contributed by atoms with van der Waals surface area (Å²) in [6.07, 6.45) is 4.39. The van der Waals surface area contributed by atoms with Crippen LogP contribution in [-0.2, 0) is 11.8 Å². The average molecular weight is 286 g/mol. The van der Waals surface area contributed by atoms with Gasteiger partial charge in [0.25, 0.3) is 0 Å². The van der Waals surface area contributed by atoms with Crippen LogP contribution < -0.4 is 0 Å². The highest BCUT2D eigenvalue weighted by Gasteiger charge is 2.20. The molecule has 2 heterocycles. The molecule has 0 aromatic carbocycles. The van der Waals surface area contributed by atoms with Gasteiger partial charge in [-0.15, -0.1) is 0 Å². The Bertz CT molecular complexity index is 612. The van der Waals surface area contributed by atoms with Crippen molar-refractivity contribution in [3.8, 4) is 0 Å². The van der Waals surface area contributed by atoms with Gasteiger partial charge in [-0.3, -0.25) is 9.97 Å². The van der Waals surface area contributed by atoms with Crippen LogP contribution in [0.1, 0.15) is 56.1 Å². The molecule has 0 aliphatic heterocycles. The summed E-state index contributed by atoms with van der Waals surface area (Å²) in [6.45, 7) is 10.0. The highest BCUT2D eigenvalue weighted by atomic mass is 19.1. The quantitative estimate of drug-likeness (QED) is 0.826. The van der Waals surface area contributed by atoms with E-state index in [4.69, 9.17) is 0 Å². The van der Waals surface area contributed by atoms with E-state index in [-0.39, 0.29) is 17.2 Å². The summed E-state index contributed by atoms with van der Waals surface area (Å²) >= 11 is 0. The van der Waals surface area contributed by atoms with Crippen molar-refractivity contribution in [2.75, 3.05) is 0 Å². The van der Waals surface area contributed by atoms with Crippen LogP contribution in [0.3, 0.4) is 0 Å². The van der Waals surface area contributed by atoms with E-state index in [0.29, 0.717) is 5.69 Å². The largest absolute Gasteiger partial charge is 0.261 e. The fourth-order valence-electron chi connectivity index (χ4n) is 2.37. The first-order chi connectivity index (χ1) is 9.77. The Morgan fingerprint density at radius 1 is 1.14 bits per heavy atom. The maximum absolute atomic E-state index is 14.2. The van der Waals surface area contributed by atoms with Gasteiger partial charge in [0.2, 0.25) is 0 Å². The summed E-state index contributed by atoms with van der Waals surface area (Å²) in [5, 5.41) is 0. The van der Waals surface area contributed by atoms with E-state index >= 15 is 0 Å². The topological polar surface area (TPSA) is 25.8 Å². The third-order valence-electron chi connectivity index (χ3n) is 3.59. The second-order valence-electron chi connectivity index (χ2n) is 6.79. The molecule has 2 aromatic rings. The second-order valence-corrected chi connectivity index (χ2v) is 6.79. The van der Waals surface area contributed by atoms with Crippen molar-refractivity contribution in [1.82, 2.24) is 9.97 Å². The van der Waals surface area contributed by atoms with Crippen molar-refractivity contribution in [3.05, 3.63) is 58.9 Å². The molecule has 2 aromatic heterocycles. The normalized spacial score (nSPS) is 13.2. The van der Waals surface area contributed by atoms with Crippen molar-refractivity contribution in [1.29, 1.82) is 0 Å². The van der Waals surface area contributed by atoms with Gasteiger partial charge in [0, 0.05) is 29.4 Å². The van der Waals surface area contributed by atoms with Gasteiger partial charge in [-0.25, -0.2) is 4.39 Å². The summed E-state index contributed by atoms with van der Waals surface area (Å²) in [5.41, 5.74) is 3.34. The van der Waals surface area contributed by atoms with Crippen molar-refractivity contribution < 1.29 is 4.39 Å². The first-order valence-electron chi connectivity index (χ1n) is 7.35. The lowest BCUT2D eigenvalue weighted by Gasteiger charge is -2.19. The van der Waals surface area contributed by atoms with Gasteiger partial charge in [0.15, 0.2) is 0 Å². The van der Waals surface area contributed by atoms with Crippen molar-refractivity contribution in [3.63, 3.8) is 0 Å². The number of aryl methyl sites for hydroxylation is 1.